The van der Waals surface area contributed by atoms with Crippen molar-refractivity contribution in [2.75, 3.05) is 0 Å². The Hall–Kier alpha value is -0.820. The van der Waals surface area contributed by atoms with Crippen molar-refractivity contribution < 1.29 is 0 Å². The van der Waals surface area contributed by atoms with Crippen LogP contribution < -0.4 is 5.32 Å². The van der Waals surface area contributed by atoms with Crippen molar-refractivity contribution in [2.24, 2.45) is 5.92 Å². The van der Waals surface area contributed by atoms with Crippen molar-refractivity contribution in [1.29, 1.82) is 0 Å². The lowest BCUT2D eigenvalue weighted by molar-refractivity contribution is 0.438. The molecule has 1 aliphatic carbocycles. The summed E-state index contributed by atoms with van der Waals surface area (Å²) in [4.78, 5) is 0. The molecule has 0 aliphatic heterocycles. The third-order valence-electron chi connectivity index (χ3n) is 4.20. The Balaban J connectivity index is 1.92. The van der Waals surface area contributed by atoms with Gasteiger partial charge in [-0.2, -0.15) is 0 Å². The van der Waals surface area contributed by atoms with E-state index in [0.29, 0.717) is 12.1 Å². The minimum Gasteiger partial charge on any atom is -0.308 e. The number of benzene rings is 1. The van der Waals surface area contributed by atoms with Gasteiger partial charge in [-0.15, -0.1) is 0 Å². The minimum absolute atomic E-state index is 0.245. The number of hydrogen-bond acceptors (Lipinski definition) is 1. The summed E-state index contributed by atoms with van der Waals surface area (Å²) in [6, 6.07) is 10.2. The monoisotopic (exact) mass is 259 g/mol. The Morgan fingerprint density at radius 2 is 1.68 bits per heavy atom. The normalized spacial score (nSPS) is 19.2. The van der Waals surface area contributed by atoms with Gasteiger partial charge >= 0.3 is 0 Å². The molecule has 19 heavy (non-hydrogen) atoms. The fourth-order valence-corrected chi connectivity index (χ4v) is 2.72. The Kier molecular flexibility index (Phi) is 4.35. The highest BCUT2D eigenvalue weighted by Gasteiger charge is 2.24. The van der Waals surface area contributed by atoms with E-state index in [1.165, 1.54) is 30.4 Å². The molecule has 1 N–H and O–H groups in total. The Morgan fingerprint density at radius 1 is 1.11 bits per heavy atom. The summed E-state index contributed by atoms with van der Waals surface area (Å²) in [6.07, 6.45) is 4.23. The molecule has 1 heteroatoms. The summed E-state index contributed by atoms with van der Waals surface area (Å²) in [5.74, 6) is 0.998. The lowest BCUT2D eigenvalue weighted by Gasteiger charge is -2.23. The van der Waals surface area contributed by atoms with Gasteiger partial charge in [-0.3, -0.25) is 0 Å². The van der Waals surface area contributed by atoms with Crippen LogP contribution in [0.25, 0.3) is 0 Å². The van der Waals surface area contributed by atoms with E-state index in [9.17, 15) is 0 Å². The van der Waals surface area contributed by atoms with E-state index >= 15 is 0 Å². The maximum Gasteiger partial charge on any atom is 0.0294 e. The first-order chi connectivity index (χ1) is 8.86. The zero-order chi connectivity index (χ0) is 14.0. The van der Waals surface area contributed by atoms with Crippen LogP contribution >= 0.6 is 0 Å². The zero-order valence-electron chi connectivity index (χ0n) is 13.2. The van der Waals surface area contributed by atoms with Crippen LogP contribution in [-0.4, -0.2) is 6.04 Å². The second-order valence-corrected chi connectivity index (χ2v) is 7.34. The van der Waals surface area contributed by atoms with Gasteiger partial charge in [-0.05, 0) is 42.7 Å². The lowest BCUT2D eigenvalue weighted by Crippen LogP contribution is -2.29. The summed E-state index contributed by atoms with van der Waals surface area (Å²) in [5.41, 5.74) is 3.05. The van der Waals surface area contributed by atoms with Gasteiger partial charge in [0.05, 0.1) is 0 Å². The second kappa shape index (κ2) is 5.66. The average Bonchev–Trinajstić information content (AvgIpc) is 3.11. The van der Waals surface area contributed by atoms with Crippen LogP contribution in [0.1, 0.15) is 71.0 Å². The summed E-state index contributed by atoms with van der Waals surface area (Å²) < 4.78 is 0. The topological polar surface area (TPSA) is 12.0 Å². The van der Waals surface area contributed by atoms with E-state index in [4.69, 9.17) is 0 Å². The molecule has 0 saturated heterocycles. The number of hydrogen-bond donors (Lipinski definition) is 1. The number of rotatable bonds is 5. The zero-order valence-corrected chi connectivity index (χ0v) is 13.2. The van der Waals surface area contributed by atoms with Crippen LogP contribution in [0.15, 0.2) is 24.3 Å². The molecule has 0 amide bonds. The van der Waals surface area contributed by atoms with Crippen molar-refractivity contribution in [3.63, 3.8) is 0 Å². The highest BCUT2D eigenvalue weighted by Crippen LogP contribution is 2.34. The molecule has 1 nitrogen and oxygen atoms in total. The first kappa shape index (κ1) is 14.6. The van der Waals surface area contributed by atoms with E-state index in [2.05, 4.69) is 64.2 Å². The van der Waals surface area contributed by atoms with Gasteiger partial charge in [0.2, 0.25) is 0 Å². The SMILES string of the molecule is CC(CC1CC1)NC(C)c1ccc(C(C)(C)C)cc1. The summed E-state index contributed by atoms with van der Waals surface area (Å²) in [7, 11) is 0. The molecular formula is C18H29N. The van der Waals surface area contributed by atoms with E-state index in [0.717, 1.165) is 5.92 Å². The fraction of sp³-hybridized carbons (Fsp3) is 0.667. The highest BCUT2D eigenvalue weighted by atomic mass is 14.9. The van der Waals surface area contributed by atoms with Crippen LogP contribution in [-0.2, 0) is 5.41 Å². The molecule has 1 aliphatic rings. The molecule has 0 heterocycles. The van der Waals surface area contributed by atoms with Crippen LogP contribution in [0, 0.1) is 5.92 Å². The highest BCUT2D eigenvalue weighted by molar-refractivity contribution is 5.29. The molecule has 1 aromatic rings. The molecule has 1 fully saturated rings. The van der Waals surface area contributed by atoms with Crippen LogP contribution in [0.5, 0.6) is 0 Å². The largest absolute Gasteiger partial charge is 0.308 e. The second-order valence-electron chi connectivity index (χ2n) is 7.34. The Bertz CT molecular complexity index is 395. The molecule has 2 unspecified atom stereocenters. The van der Waals surface area contributed by atoms with E-state index in [1.807, 2.05) is 0 Å². The van der Waals surface area contributed by atoms with Crippen LogP contribution in [0.4, 0.5) is 0 Å². The quantitative estimate of drug-likeness (QED) is 0.799. The van der Waals surface area contributed by atoms with E-state index < -0.39 is 0 Å². The smallest absolute Gasteiger partial charge is 0.0294 e. The molecule has 0 aromatic heterocycles. The van der Waals surface area contributed by atoms with Crippen molar-refractivity contribution in [3.05, 3.63) is 35.4 Å². The molecule has 2 rings (SSSR count). The Morgan fingerprint density at radius 3 is 2.16 bits per heavy atom. The van der Waals surface area contributed by atoms with Gasteiger partial charge in [-0.1, -0.05) is 57.9 Å². The summed E-state index contributed by atoms with van der Waals surface area (Å²) >= 11 is 0. The average molecular weight is 259 g/mol. The van der Waals surface area contributed by atoms with Crippen LogP contribution in [0.2, 0.25) is 0 Å². The third-order valence-corrected chi connectivity index (χ3v) is 4.20. The third kappa shape index (κ3) is 4.35. The molecule has 1 aromatic carbocycles. The van der Waals surface area contributed by atoms with Gasteiger partial charge in [-0.25, -0.2) is 0 Å². The molecule has 106 valence electrons. The predicted octanol–water partition coefficient (Wildman–Crippen LogP) is 4.82. The van der Waals surface area contributed by atoms with Crippen molar-refractivity contribution in [2.45, 2.75) is 71.4 Å². The standard InChI is InChI=1S/C18H29N/c1-13(12-15-6-7-15)19-14(2)16-8-10-17(11-9-16)18(3,4)5/h8-11,13-15,19H,6-7,12H2,1-5H3. The summed E-state index contributed by atoms with van der Waals surface area (Å²) in [5, 5.41) is 3.73. The molecule has 0 bridgehead atoms. The van der Waals surface area contributed by atoms with E-state index in [-0.39, 0.29) is 5.41 Å². The van der Waals surface area contributed by atoms with Crippen LogP contribution in [0.3, 0.4) is 0 Å². The fourth-order valence-electron chi connectivity index (χ4n) is 2.72. The molecular weight excluding hydrogens is 230 g/mol. The van der Waals surface area contributed by atoms with Gasteiger partial charge in [0, 0.05) is 12.1 Å². The van der Waals surface area contributed by atoms with Gasteiger partial charge in [0.15, 0.2) is 0 Å². The van der Waals surface area contributed by atoms with Gasteiger partial charge in [0.1, 0.15) is 0 Å². The van der Waals surface area contributed by atoms with Gasteiger partial charge in [0.25, 0.3) is 0 Å². The first-order valence-corrected chi connectivity index (χ1v) is 7.73. The van der Waals surface area contributed by atoms with E-state index in [1.54, 1.807) is 0 Å². The molecule has 1 saturated carbocycles. The maximum absolute atomic E-state index is 3.73. The summed E-state index contributed by atoms with van der Waals surface area (Å²) in [6.45, 7) is 11.4. The molecule has 0 spiro atoms. The predicted molar refractivity (Wildman–Crippen MR) is 83.5 cm³/mol. The van der Waals surface area contributed by atoms with Gasteiger partial charge < -0.3 is 5.32 Å². The van der Waals surface area contributed by atoms with Crippen molar-refractivity contribution in [1.82, 2.24) is 5.32 Å². The lowest BCUT2D eigenvalue weighted by atomic mass is 9.86. The number of nitrogens with one attached hydrogen (secondary N) is 1. The first-order valence-electron chi connectivity index (χ1n) is 7.73. The molecule has 0 radical (unpaired) electrons. The minimum atomic E-state index is 0.245. The Labute approximate surface area is 118 Å². The maximum atomic E-state index is 3.73. The van der Waals surface area contributed by atoms with Crippen molar-refractivity contribution >= 4 is 0 Å². The molecule has 2 atom stereocenters. The van der Waals surface area contributed by atoms with Crippen molar-refractivity contribution in [3.8, 4) is 0 Å².